The molecule has 0 radical (unpaired) electrons. The van der Waals surface area contributed by atoms with Crippen molar-refractivity contribution in [1.82, 2.24) is 4.90 Å². The van der Waals surface area contributed by atoms with E-state index in [0.29, 0.717) is 24.6 Å². The Morgan fingerprint density at radius 3 is 3.05 bits per heavy atom. The van der Waals surface area contributed by atoms with Crippen molar-refractivity contribution in [1.29, 1.82) is 0 Å². The molecule has 1 aliphatic rings. The number of halogens is 1. The molecule has 5 heteroatoms. The maximum atomic E-state index is 13.4. The van der Waals surface area contributed by atoms with E-state index in [4.69, 9.17) is 9.84 Å². The second-order valence-corrected chi connectivity index (χ2v) is 5.63. The third kappa shape index (κ3) is 4.70. The molecule has 1 N–H and O–H groups in total. The third-order valence-electron chi connectivity index (χ3n) is 4.01. The second-order valence-electron chi connectivity index (χ2n) is 5.63. The fourth-order valence-corrected chi connectivity index (χ4v) is 2.97. The maximum absolute atomic E-state index is 13.4. The van der Waals surface area contributed by atoms with Crippen LogP contribution in [0.2, 0.25) is 0 Å². The predicted octanol–water partition coefficient (Wildman–Crippen LogP) is 2.91. The monoisotopic (exact) mass is 295 g/mol. The van der Waals surface area contributed by atoms with Crippen LogP contribution in [0.1, 0.15) is 31.2 Å². The van der Waals surface area contributed by atoms with E-state index in [9.17, 15) is 9.18 Å². The van der Waals surface area contributed by atoms with E-state index in [-0.39, 0.29) is 12.2 Å². The quantitative estimate of drug-likeness (QED) is 0.876. The lowest BCUT2D eigenvalue weighted by molar-refractivity contribution is -0.137. The van der Waals surface area contributed by atoms with Gasteiger partial charge in [0, 0.05) is 25.1 Å². The Hall–Kier alpha value is -1.62. The van der Waals surface area contributed by atoms with Crippen LogP contribution < -0.4 is 4.74 Å². The molecule has 21 heavy (non-hydrogen) atoms. The first-order valence-corrected chi connectivity index (χ1v) is 7.35. The molecule has 0 aliphatic carbocycles. The first kappa shape index (κ1) is 15.8. The second kappa shape index (κ2) is 7.41. The summed E-state index contributed by atoms with van der Waals surface area (Å²) >= 11 is 0. The normalized spacial score (nSPS) is 19.4. The van der Waals surface area contributed by atoms with Gasteiger partial charge >= 0.3 is 5.97 Å². The molecule has 1 unspecified atom stereocenters. The van der Waals surface area contributed by atoms with Gasteiger partial charge in [-0.15, -0.1) is 0 Å². The highest BCUT2D eigenvalue weighted by atomic mass is 19.1. The van der Waals surface area contributed by atoms with E-state index in [2.05, 4.69) is 4.90 Å². The minimum atomic E-state index is -0.737. The Bertz CT molecular complexity index is 492. The van der Waals surface area contributed by atoms with Crippen molar-refractivity contribution in [3.05, 3.63) is 29.6 Å². The molecule has 116 valence electrons. The Morgan fingerprint density at radius 1 is 1.52 bits per heavy atom. The maximum Gasteiger partial charge on any atom is 0.303 e. The summed E-state index contributed by atoms with van der Waals surface area (Å²) in [6, 6.07) is 4.56. The number of methoxy groups -OCH3 is 1. The van der Waals surface area contributed by atoms with Gasteiger partial charge in [0.1, 0.15) is 11.6 Å². The fourth-order valence-electron chi connectivity index (χ4n) is 2.97. The lowest BCUT2D eigenvalue weighted by Gasteiger charge is -2.32. The lowest BCUT2D eigenvalue weighted by atomic mass is 9.93. The summed E-state index contributed by atoms with van der Waals surface area (Å²) in [5.41, 5.74) is 0.844. The Balaban J connectivity index is 1.96. The SMILES string of the molecule is COc1ccc(F)cc1CN1CCCC(CCC(=O)O)C1. The van der Waals surface area contributed by atoms with E-state index in [1.807, 2.05) is 0 Å². The standard InChI is InChI=1S/C16H22FNO3/c1-21-15-6-5-14(17)9-13(15)11-18-8-2-3-12(10-18)4-7-16(19)20/h5-6,9,12H,2-4,7-8,10-11H2,1H3,(H,19,20). The molecule has 1 aromatic rings. The highest BCUT2D eigenvalue weighted by molar-refractivity contribution is 5.66. The number of nitrogens with zero attached hydrogens (tertiary/aromatic N) is 1. The molecule has 0 bridgehead atoms. The van der Waals surface area contributed by atoms with Crippen molar-refractivity contribution >= 4 is 5.97 Å². The molecule has 0 amide bonds. The number of piperidine rings is 1. The van der Waals surface area contributed by atoms with Crippen LogP contribution in [0.25, 0.3) is 0 Å². The van der Waals surface area contributed by atoms with Crippen LogP contribution in [0.4, 0.5) is 4.39 Å². The van der Waals surface area contributed by atoms with Crippen LogP contribution in [0.5, 0.6) is 5.75 Å². The van der Waals surface area contributed by atoms with Gasteiger partial charge in [-0.3, -0.25) is 9.69 Å². The first-order valence-electron chi connectivity index (χ1n) is 7.35. The highest BCUT2D eigenvalue weighted by Gasteiger charge is 2.21. The van der Waals surface area contributed by atoms with Gasteiger partial charge in [-0.25, -0.2) is 4.39 Å². The van der Waals surface area contributed by atoms with Crippen LogP contribution in [0.15, 0.2) is 18.2 Å². The van der Waals surface area contributed by atoms with Gasteiger partial charge in [0.15, 0.2) is 0 Å². The molecule has 1 atom stereocenters. The Labute approximate surface area is 124 Å². The van der Waals surface area contributed by atoms with E-state index in [1.165, 1.54) is 12.1 Å². The molecule has 0 aromatic heterocycles. The average Bonchev–Trinajstić information content (AvgIpc) is 2.46. The average molecular weight is 295 g/mol. The zero-order valence-corrected chi connectivity index (χ0v) is 12.3. The fraction of sp³-hybridized carbons (Fsp3) is 0.562. The number of hydrogen-bond acceptors (Lipinski definition) is 3. The number of carboxylic acids is 1. The molecule has 0 spiro atoms. The van der Waals surface area contributed by atoms with Crippen LogP contribution in [0, 0.1) is 11.7 Å². The van der Waals surface area contributed by atoms with E-state index in [1.54, 1.807) is 13.2 Å². The first-order chi connectivity index (χ1) is 10.1. The Kier molecular flexibility index (Phi) is 5.56. The number of hydrogen-bond donors (Lipinski definition) is 1. The van der Waals surface area contributed by atoms with Crippen molar-refractivity contribution < 1.29 is 19.0 Å². The minimum Gasteiger partial charge on any atom is -0.496 e. The van der Waals surface area contributed by atoms with Gasteiger partial charge in [0.05, 0.1) is 7.11 Å². The summed E-state index contributed by atoms with van der Waals surface area (Å²) in [6.45, 7) is 2.47. The summed E-state index contributed by atoms with van der Waals surface area (Å²) in [5.74, 6) is 0.114. The van der Waals surface area contributed by atoms with Crippen LogP contribution in [-0.4, -0.2) is 36.2 Å². The van der Waals surface area contributed by atoms with E-state index in [0.717, 1.165) is 31.5 Å². The predicted molar refractivity (Wildman–Crippen MR) is 77.8 cm³/mol. The number of carboxylic acid groups (broad SMARTS) is 1. The molecular weight excluding hydrogens is 273 g/mol. The van der Waals surface area contributed by atoms with Crippen molar-refractivity contribution in [3.63, 3.8) is 0 Å². The van der Waals surface area contributed by atoms with Crippen molar-refractivity contribution in [2.75, 3.05) is 20.2 Å². The van der Waals surface area contributed by atoms with Gasteiger partial charge in [-0.05, 0) is 49.9 Å². The summed E-state index contributed by atoms with van der Waals surface area (Å²) < 4.78 is 18.7. The molecule has 1 saturated heterocycles. The van der Waals surface area contributed by atoms with Crippen LogP contribution >= 0.6 is 0 Å². The summed E-state index contributed by atoms with van der Waals surface area (Å²) in [4.78, 5) is 12.9. The number of benzene rings is 1. The van der Waals surface area contributed by atoms with E-state index < -0.39 is 5.97 Å². The smallest absolute Gasteiger partial charge is 0.303 e. The molecular formula is C16H22FNO3. The van der Waals surface area contributed by atoms with E-state index >= 15 is 0 Å². The topological polar surface area (TPSA) is 49.8 Å². The molecule has 4 nitrogen and oxygen atoms in total. The largest absolute Gasteiger partial charge is 0.496 e. The van der Waals surface area contributed by atoms with Gasteiger partial charge in [0.2, 0.25) is 0 Å². The molecule has 1 aromatic carbocycles. The van der Waals surface area contributed by atoms with Crippen molar-refractivity contribution in [2.45, 2.75) is 32.2 Å². The molecule has 2 rings (SSSR count). The summed E-state index contributed by atoms with van der Waals surface area (Å²) in [6.07, 6.45) is 3.07. The number of carbonyl (C=O) groups is 1. The van der Waals surface area contributed by atoms with Gasteiger partial charge in [0.25, 0.3) is 0 Å². The Morgan fingerprint density at radius 2 is 2.33 bits per heavy atom. The number of likely N-dealkylation sites (tertiary alicyclic amines) is 1. The van der Waals surface area contributed by atoms with Crippen LogP contribution in [-0.2, 0) is 11.3 Å². The number of aliphatic carboxylic acids is 1. The molecule has 1 heterocycles. The summed E-state index contributed by atoms with van der Waals surface area (Å²) in [5, 5.41) is 8.77. The van der Waals surface area contributed by atoms with Gasteiger partial charge < -0.3 is 9.84 Å². The third-order valence-corrected chi connectivity index (χ3v) is 4.01. The lowest BCUT2D eigenvalue weighted by Crippen LogP contribution is -2.35. The summed E-state index contributed by atoms with van der Waals surface area (Å²) in [7, 11) is 1.59. The van der Waals surface area contributed by atoms with Gasteiger partial charge in [-0.1, -0.05) is 0 Å². The molecule has 0 saturated carbocycles. The van der Waals surface area contributed by atoms with Crippen molar-refractivity contribution in [2.24, 2.45) is 5.92 Å². The zero-order valence-electron chi connectivity index (χ0n) is 12.3. The van der Waals surface area contributed by atoms with Crippen LogP contribution in [0.3, 0.4) is 0 Å². The molecule has 1 aliphatic heterocycles. The number of ether oxygens (including phenoxy) is 1. The van der Waals surface area contributed by atoms with Crippen molar-refractivity contribution in [3.8, 4) is 5.75 Å². The number of rotatable bonds is 6. The minimum absolute atomic E-state index is 0.224. The van der Waals surface area contributed by atoms with Gasteiger partial charge in [-0.2, -0.15) is 0 Å². The molecule has 1 fully saturated rings. The highest BCUT2D eigenvalue weighted by Crippen LogP contribution is 2.26. The zero-order chi connectivity index (χ0) is 15.2.